The van der Waals surface area contributed by atoms with E-state index in [1.165, 1.54) is 0 Å². The fourth-order valence-electron chi connectivity index (χ4n) is 2.07. The van der Waals surface area contributed by atoms with Crippen LogP contribution in [0, 0.1) is 0 Å². The molecule has 0 aliphatic carbocycles. The Morgan fingerprint density at radius 1 is 1.43 bits per heavy atom. The third-order valence-corrected chi connectivity index (χ3v) is 3.73. The molecule has 0 aliphatic heterocycles. The first-order valence-corrected chi connectivity index (χ1v) is 7.07. The Hall–Kier alpha value is -2.01. The van der Waals surface area contributed by atoms with Gasteiger partial charge in [-0.05, 0) is 25.5 Å². The van der Waals surface area contributed by atoms with Gasteiger partial charge in [0.25, 0.3) is 0 Å². The molecule has 21 heavy (non-hydrogen) atoms. The van der Waals surface area contributed by atoms with E-state index in [9.17, 15) is 0 Å². The Kier molecular flexibility index (Phi) is 4.85. The summed E-state index contributed by atoms with van der Waals surface area (Å²) < 4.78 is 7.56. The third-order valence-electron chi connectivity index (χ3n) is 3.29. The molecular weight excluding hydrogens is 290 g/mol. The Morgan fingerprint density at radius 3 is 2.76 bits per heavy atom. The van der Waals surface area contributed by atoms with E-state index in [0.29, 0.717) is 23.1 Å². The fraction of sp³-hybridized carbons (Fsp3) is 0.333. The first kappa shape index (κ1) is 15.4. The smallest absolute Gasteiger partial charge is 0.131 e. The number of hydrogen-bond donors (Lipinski definition) is 1. The lowest BCUT2D eigenvalue weighted by Crippen LogP contribution is -2.06. The van der Waals surface area contributed by atoms with Crippen molar-refractivity contribution in [2.24, 2.45) is 12.2 Å². The van der Waals surface area contributed by atoms with Crippen LogP contribution >= 0.6 is 11.6 Å². The largest absolute Gasteiger partial charge is 0.487 e. The molecule has 0 amide bonds. The predicted octanol–water partition coefficient (Wildman–Crippen LogP) is 3.41. The molecule has 0 fully saturated rings. The van der Waals surface area contributed by atoms with Crippen molar-refractivity contribution in [3.05, 3.63) is 46.2 Å². The molecule has 0 aliphatic rings. The van der Waals surface area contributed by atoms with Crippen molar-refractivity contribution in [1.82, 2.24) is 9.78 Å². The van der Waals surface area contributed by atoms with Crippen LogP contribution in [0.5, 0.6) is 5.75 Å². The Morgan fingerprint density at radius 2 is 2.14 bits per heavy atom. The van der Waals surface area contributed by atoms with Crippen LogP contribution in [0.2, 0.25) is 5.02 Å². The number of rotatable bonds is 5. The van der Waals surface area contributed by atoms with Gasteiger partial charge in [0.15, 0.2) is 0 Å². The summed E-state index contributed by atoms with van der Waals surface area (Å²) in [4.78, 5) is 0. The van der Waals surface area contributed by atoms with Crippen molar-refractivity contribution in [2.45, 2.75) is 26.9 Å². The summed E-state index contributed by atoms with van der Waals surface area (Å²) in [6, 6.07) is 7.40. The second kappa shape index (κ2) is 6.63. The molecule has 1 aromatic heterocycles. The van der Waals surface area contributed by atoms with Crippen molar-refractivity contribution in [3.8, 4) is 5.75 Å². The van der Waals surface area contributed by atoms with E-state index in [-0.39, 0.29) is 0 Å². The van der Waals surface area contributed by atoms with Crippen LogP contribution in [-0.4, -0.2) is 20.7 Å². The van der Waals surface area contributed by atoms with E-state index in [0.717, 1.165) is 23.4 Å². The van der Waals surface area contributed by atoms with E-state index >= 15 is 0 Å². The van der Waals surface area contributed by atoms with Gasteiger partial charge in [0.1, 0.15) is 12.4 Å². The van der Waals surface area contributed by atoms with Gasteiger partial charge < -0.3 is 9.94 Å². The number of aryl methyl sites for hydroxylation is 2. The second-order valence-electron chi connectivity index (χ2n) is 4.65. The summed E-state index contributed by atoms with van der Waals surface area (Å²) in [6.07, 6.45) is 0.777. The number of aromatic nitrogens is 2. The van der Waals surface area contributed by atoms with E-state index in [2.05, 4.69) is 10.3 Å². The van der Waals surface area contributed by atoms with Crippen molar-refractivity contribution in [1.29, 1.82) is 0 Å². The molecule has 6 heteroatoms. The van der Waals surface area contributed by atoms with Gasteiger partial charge >= 0.3 is 0 Å². The van der Waals surface area contributed by atoms with Crippen LogP contribution in [0.25, 0.3) is 0 Å². The third kappa shape index (κ3) is 3.19. The van der Waals surface area contributed by atoms with Gasteiger partial charge in [-0.3, -0.25) is 4.68 Å². The number of benzene rings is 1. The molecule has 1 aromatic carbocycles. The highest BCUT2D eigenvalue weighted by Crippen LogP contribution is 2.24. The minimum absolute atomic E-state index is 0.304. The number of para-hydroxylation sites is 1. The summed E-state index contributed by atoms with van der Waals surface area (Å²) in [5.41, 5.74) is 2.92. The minimum atomic E-state index is 0.304. The topological polar surface area (TPSA) is 59.6 Å². The SMILES string of the molecule is CCc1nn(C)c(COc2ccccc2C(C)=NO)c1Cl. The standard InChI is InChI=1S/C15H18ClN3O2/c1-4-12-15(16)13(19(3)17-12)9-21-14-8-6-5-7-11(14)10(2)18-20/h5-8,20H,4,9H2,1-3H3. The first-order valence-electron chi connectivity index (χ1n) is 6.69. The lowest BCUT2D eigenvalue weighted by atomic mass is 10.1. The lowest BCUT2D eigenvalue weighted by Gasteiger charge is -2.11. The average molecular weight is 308 g/mol. The van der Waals surface area contributed by atoms with Crippen molar-refractivity contribution in [3.63, 3.8) is 0 Å². The molecule has 112 valence electrons. The van der Waals surface area contributed by atoms with E-state index in [1.807, 2.05) is 38.2 Å². The summed E-state index contributed by atoms with van der Waals surface area (Å²) in [7, 11) is 1.84. The van der Waals surface area contributed by atoms with Crippen molar-refractivity contribution >= 4 is 17.3 Å². The Balaban J connectivity index is 2.23. The van der Waals surface area contributed by atoms with E-state index in [4.69, 9.17) is 21.5 Å². The van der Waals surface area contributed by atoms with Crippen LogP contribution in [0.1, 0.15) is 30.8 Å². The summed E-state index contributed by atoms with van der Waals surface area (Å²) in [5.74, 6) is 0.642. The van der Waals surface area contributed by atoms with Crippen LogP contribution in [0.3, 0.4) is 0 Å². The second-order valence-corrected chi connectivity index (χ2v) is 5.03. The van der Waals surface area contributed by atoms with Crippen LogP contribution in [0.15, 0.2) is 29.4 Å². The summed E-state index contributed by atoms with van der Waals surface area (Å²) >= 11 is 6.30. The van der Waals surface area contributed by atoms with Gasteiger partial charge in [-0.25, -0.2) is 0 Å². The molecule has 2 aromatic rings. The number of ether oxygens (including phenoxy) is 1. The Labute approximate surface area is 128 Å². The maximum atomic E-state index is 8.92. The van der Waals surface area contributed by atoms with Gasteiger partial charge in [0, 0.05) is 12.6 Å². The molecule has 1 N–H and O–H groups in total. The zero-order valence-corrected chi connectivity index (χ0v) is 13.1. The number of nitrogens with zero attached hydrogens (tertiary/aromatic N) is 3. The van der Waals surface area contributed by atoms with Gasteiger partial charge in [-0.1, -0.05) is 35.8 Å². The maximum Gasteiger partial charge on any atom is 0.131 e. The molecule has 2 rings (SSSR count). The normalized spacial score (nSPS) is 11.7. The number of hydrogen-bond acceptors (Lipinski definition) is 4. The van der Waals surface area contributed by atoms with E-state index < -0.39 is 0 Å². The molecule has 0 spiro atoms. The molecule has 0 bridgehead atoms. The zero-order chi connectivity index (χ0) is 15.4. The van der Waals surface area contributed by atoms with Gasteiger partial charge in [-0.15, -0.1) is 0 Å². The van der Waals surface area contributed by atoms with Crippen LogP contribution in [-0.2, 0) is 20.1 Å². The van der Waals surface area contributed by atoms with E-state index in [1.54, 1.807) is 11.6 Å². The average Bonchev–Trinajstić information content (AvgIpc) is 2.79. The number of halogens is 1. The summed E-state index contributed by atoms with van der Waals surface area (Å²) in [5, 5.41) is 17.1. The van der Waals surface area contributed by atoms with Crippen molar-refractivity contribution in [2.75, 3.05) is 0 Å². The van der Waals surface area contributed by atoms with Gasteiger partial charge in [0.2, 0.25) is 0 Å². The quantitative estimate of drug-likeness (QED) is 0.523. The highest BCUT2D eigenvalue weighted by molar-refractivity contribution is 6.31. The Bertz CT molecular complexity index is 665. The predicted molar refractivity (Wildman–Crippen MR) is 82.4 cm³/mol. The van der Waals surface area contributed by atoms with Crippen LogP contribution < -0.4 is 4.74 Å². The highest BCUT2D eigenvalue weighted by atomic mass is 35.5. The maximum absolute atomic E-state index is 8.92. The van der Waals surface area contributed by atoms with Crippen molar-refractivity contribution < 1.29 is 9.94 Å². The molecule has 0 saturated heterocycles. The summed E-state index contributed by atoms with van der Waals surface area (Å²) in [6.45, 7) is 4.03. The minimum Gasteiger partial charge on any atom is -0.487 e. The zero-order valence-electron chi connectivity index (χ0n) is 12.3. The van der Waals surface area contributed by atoms with Crippen LogP contribution in [0.4, 0.5) is 0 Å². The number of oxime groups is 1. The lowest BCUT2D eigenvalue weighted by molar-refractivity contribution is 0.293. The molecule has 0 saturated carbocycles. The molecular formula is C15H18ClN3O2. The fourth-order valence-corrected chi connectivity index (χ4v) is 2.42. The molecule has 0 atom stereocenters. The first-order chi connectivity index (χ1) is 10.1. The van der Waals surface area contributed by atoms with Gasteiger partial charge in [-0.2, -0.15) is 5.10 Å². The molecule has 1 heterocycles. The monoisotopic (exact) mass is 307 g/mol. The molecule has 5 nitrogen and oxygen atoms in total. The van der Waals surface area contributed by atoms with Gasteiger partial charge in [0.05, 0.1) is 22.1 Å². The molecule has 0 unspecified atom stereocenters. The highest BCUT2D eigenvalue weighted by Gasteiger charge is 2.14. The molecule has 0 radical (unpaired) electrons.